The summed E-state index contributed by atoms with van der Waals surface area (Å²) >= 11 is 8.76. The van der Waals surface area contributed by atoms with Crippen LogP contribution in [0.4, 0.5) is 0 Å². The minimum Gasteiger partial charge on any atom is -0.478 e. The second-order valence-corrected chi connectivity index (χ2v) is 8.09. The fourth-order valence-corrected chi connectivity index (χ4v) is 4.01. The van der Waals surface area contributed by atoms with Crippen LogP contribution in [0.5, 0.6) is 0 Å². The number of hydrogen-bond donors (Lipinski definition) is 2. The highest BCUT2D eigenvalue weighted by atomic mass is 35.5. The fraction of sp³-hybridized carbons (Fsp3) is 0.105. The molecule has 0 unspecified atom stereocenters. The number of carboxylic acids is 1. The molecule has 1 heterocycles. The highest BCUT2D eigenvalue weighted by molar-refractivity contribution is 8.01. The van der Waals surface area contributed by atoms with Crippen LogP contribution in [0, 0.1) is 0 Å². The molecule has 0 fully saturated rings. The number of thiazole rings is 1. The molecule has 8 heteroatoms. The number of carboxylic acid groups (broad SMARTS) is 1. The summed E-state index contributed by atoms with van der Waals surface area (Å²) in [6.07, 6.45) is 0. The van der Waals surface area contributed by atoms with Crippen LogP contribution in [-0.4, -0.2) is 27.7 Å². The molecule has 2 N–H and O–H groups in total. The van der Waals surface area contributed by atoms with Gasteiger partial charge in [0.15, 0.2) is 4.34 Å². The summed E-state index contributed by atoms with van der Waals surface area (Å²) in [4.78, 5) is 27.4. The van der Waals surface area contributed by atoms with Gasteiger partial charge in [-0.25, -0.2) is 9.78 Å². The molecule has 1 aromatic heterocycles. The van der Waals surface area contributed by atoms with E-state index >= 15 is 0 Å². The van der Waals surface area contributed by atoms with Gasteiger partial charge in [-0.2, -0.15) is 0 Å². The number of benzene rings is 2. The van der Waals surface area contributed by atoms with Crippen molar-refractivity contribution in [2.75, 3.05) is 5.75 Å². The third kappa shape index (κ3) is 5.56. The zero-order valence-electron chi connectivity index (χ0n) is 14.0. The predicted molar refractivity (Wildman–Crippen MR) is 109 cm³/mol. The maximum atomic E-state index is 12.0. The number of aromatic carboxylic acids is 1. The number of carbonyl (C=O) groups is 2. The smallest absolute Gasteiger partial charge is 0.335 e. The van der Waals surface area contributed by atoms with E-state index in [4.69, 9.17) is 16.7 Å². The van der Waals surface area contributed by atoms with Gasteiger partial charge in [-0.3, -0.25) is 4.79 Å². The van der Waals surface area contributed by atoms with E-state index < -0.39 is 5.97 Å². The van der Waals surface area contributed by atoms with Gasteiger partial charge in [0, 0.05) is 22.5 Å². The van der Waals surface area contributed by atoms with Crippen molar-refractivity contribution in [1.29, 1.82) is 0 Å². The summed E-state index contributed by atoms with van der Waals surface area (Å²) < 4.78 is 0.820. The number of halogens is 1. The molecule has 0 aliphatic rings. The first-order valence-electron chi connectivity index (χ1n) is 7.94. The van der Waals surface area contributed by atoms with Crippen LogP contribution in [0.15, 0.2) is 58.3 Å². The Morgan fingerprint density at radius 2 is 1.81 bits per heavy atom. The Bertz CT molecular complexity index is 940. The molecule has 27 heavy (non-hydrogen) atoms. The van der Waals surface area contributed by atoms with Gasteiger partial charge in [-0.1, -0.05) is 47.6 Å². The Kier molecular flexibility index (Phi) is 6.49. The Labute approximate surface area is 169 Å². The molecule has 0 bridgehead atoms. The molecule has 3 rings (SSSR count). The van der Waals surface area contributed by atoms with Crippen molar-refractivity contribution < 1.29 is 14.7 Å². The molecule has 0 atom stereocenters. The number of nitrogens with zero attached hydrogens (tertiary/aromatic N) is 1. The minimum absolute atomic E-state index is 0.106. The van der Waals surface area contributed by atoms with Gasteiger partial charge in [0.25, 0.3) is 0 Å². The van der Waals surface area contributed by atoms with Gasteiger partial charge in [0.05, 0.1) is 17.0 Å². The Balaban J connectivity index is 1.48. The largest absolute Gasteiger partial charge is 0.478 e. The normalized spacial score (nSPS) is 10.6. The summed E-state index contributed by atoms with van der Waals surface area (Å²) in [5.41, 5.74) is 2.91. The molecule has 0 spiro atoms. The van der Waals surface area contributed by atoms with Crippen molar-refractivity contribution in [2.24, 2.45) is 0 Å². The molecule has 138 valence electrons. The van der Waals surface area contributed by atoms with Crippen molar-refractivity contribution in [1.82, 2.24) is 10.3 Å². The number of carbonyl (C=O) groups excluding carboxylic acids is 1. The summed E-state index contributed by atoms with van der Waals surface area (Å²) in [6.45, 7) is 0.354. The first kappa shape index (κ1) is 19.4. The first-order chi connectivity index (χ1) is 13.0. The maximum absolute atomic E-state index is 12.0. The van der Waals surface area contributed by atoms with E-state index in [9.17, 15) is 9.59 Å². The molecule has 0 radical (unpaired) electrons. The molecule has 5 nitrogen and oxygen atoms in total. The average Bonchev–Trinajstić information content (AvgIpc) is 3.14. The van der Waals surface area contributed by atoms with Gasteiger partial charge in [0.1, 0.15) is 0 Å². The van der Waals surface area contributed by atoms with E-state index in [2.05, 4.69) is 10.3 Å². The Morgan fingerprint density at radius 1 is 1.11 bits per heavy atom. The van der Waals surface area contributed by atoms with E-state index in [-0.39, 0.29) is 17.2 Å². The van der Waals surface area contributed by atoms with E-state index in [1.54, 1.807) is 12.1 Å². The van der Waals surface area contributed by atoms with Crippen LogP contribution in [-0.2, 0) is 11.3 Å². The Hall–Kier alpha value is -2.35. The van der Waals surface area contributed by atoms with E-state index in [1.165, 1.54) is 35.2 Å². The lowest BCUT2D eigenvalue weighted by Gasteiger charge is -2.05. The predicted octanol–water partition coefficient (Wildman–Crippen LogP) is 4.57. The molecule has 0 saturated carbocycles. The van der Waals surface area contributed by atoms with Gasteiger partial charge in [-0.15, -0.1) is 11.3 Å². The number of aromatic nitrogens is 1. The minimum atomic E-state index is -0.969. The molecular weight excluding hydrogens is 404 g/mol. The van der Waals surface area contributed by atoms with Crippen LogP contribution in [0.3, 0.4) is 0 Å². The highest BCUT2D eigenvalue weighted by Crippen LogP contribution is 2.28. The zero-order chi connectivity index (χ0) is 19.2. The van der Waals surface area contributed by atoms with Crippen molar-refractivity contribution in [3.8, 4) is 11.3 Å². The molecule has 1 amide bonds. The van der Waals surface area contributed by atoms with Crippen molar-refractivity contribution in [3.05, 3.63) is 70.1 Å². The molecule has 2 aromatic carbocycles. The van der Waals surface area contributed by atoms with Gasteiger partial charge in [-0.05, 0) is 29.8 Å². The van der Waals surface area contributed by atoms with Crippen LogP contribution in [0.25, 0.3) is 11.3 Å². The molecule has 3 aromatic rings. The summed E-state index contributed by atoms with van der Waals surface area (Å²) in [7, 11) is 0. The third-order valence-electron chi connectivity index (χ3n) is 3.64. The van der Waals surface area contributed by atoms with Gasteiger partial charge in [0.2, 0.25) is 5.91 Å². The second kappa shape index (κ2) is 9.03. The molecule has 0 saturated heterocycles. The molecular formula is C19H15ClN2O3S2. The summed E-state index contributed by atoms with van der Waals surface area (Å²) in [5, 5.41) is 14.3. The zero-order valence-corrected chi connectivity index (χ0v) is 16.4. The average molecular weight is 419 g/mol. The van der Waals surface area contributed by atoms with E-state index in [0.717, 1.165) is 21.2 Å². The lowest BCUT2D eigenvalue weighted by molar-refractivity contribution is -0.118. The van der Waals surface area contributed by atoms with Crippen molar-refractivity contribution >= 4 is 46.6 Å². The third-order valence-corrected chi connectivity index (χ3v) is 5.91. The van der Waals surface area contributed by atoms with Crippen LogP contribution >= 0.6 is 34.7 Å². The standard InChI is InChI=1S/C19H15ClN2O3S2/c20-15-7-5-13(6-8-15)16-10-26-19(22-16)27-11-17(23)21-9-12-1-3-14(4-2-12)18(24)25/h1-8,10H,9,11H2,(H,21,23)(H,24,25). The SMILES string of the molecule is O=C(CSc1nc(-c2ccc(Cl)cc2)cs1)NCc1ccc(C(=O)O)cc1. The first-order valence-corrected chi connectivity index (χ1v) is 10.2. The van der Waals surface area contributed by atoms with Crippen molar-refractivity contribution in [2.45, 2.75) is 10.9 Å². The summed E-state index contributed by atoms with van der Waals surface area (Å²) in [5.74, 6) is -0.810. The number of rotatable bonds is 7. The van der Waals surface area contributed by atoms with E-state index in [0.29, 0.717) is 11.6 Å². The van der Waals surface area contributed by atoms with Gasteiger partial charge < -0.3 is 10.4 Å². The fourth-order valence-electron chi connectivity index (χ4n) is 2.22. The summed E-state index contributed by atoms with van der Waals surface area (Å²) in [6, 6.07) is 13.9. The number of thioether (sulfide) groups is 1. The van der Waals surface area contributed by atoms with Crippen LogP contribution < -0.4 is 5.32 Å². The van der Waals surface area contributed by atoms with Gasteiger partial charge >= 0.3 is 5.97 Å². The highest BCUT2D eigenvalue weighted by Gasteiger charge is 2.09. The van der Waals surface area contributed by atoms with Crippen LogP contribution in [0.2, 0.25) is 5.02 Å². The van der Waals surface area contributed by atoms with E-state index in [1.807, 2.05) is 29.6 Å². The molecule has 0 aliphatic carbocycles. The number of amides is 1. The van der Waals surface area contributed by atoms with Crippen LogP contribution in [0.1, 0.15) is 15.9 Å². The maximum Gasteiger partial charge on any atom is 0.335 e. The monoisotopic (exact) mass is 418 g/mol. The Morgan fingerprint density at radius 3 is 2.48 bits per heavy atom. The lowest BCUT2D eigenvalue weighted by atomic mass is 10.1. The number of hydrogen-bond acceptors (Lipinski definition) is 5. The second-order valence-electron chi connectivity index (χ2n) is 5.57. The van der Waals surface area contributed by atoms with Crippen molar-refractivity contribution in [3.63, 3.8) is 0 Å². The molecule has 0 aliphatic heterocycles. The number of nitrogens with one attached hydrogen (secondary N) is 1. The quantitative estimate of drug-likeness (QED) is 0.549. The topological polar surface area (TPSA) is 79.3 Å². The lowest BCUT2D eigenvalue weighted by Crippen LogP contribution is -2.24.